The molecule has 0 heterocycles. The van der Waals surface area contributed by atoms with Gasteiger partial charge in [0.1, 0.15) is 17.2 Å². The average Bonchev–Trinajstić information content (AvgIpc) is 2.73. The summed E-state index contributed by atoms with van der Waals surface area (Å²) in [6.07, 6.45) is 1.74. The van der Waals surface area contributed by atoms with Gasteiger partial charge in [-0.1, -0.05) is 18.2 Å². The molecule has 2 rings (SSSR count). The van der Waals surface area contributed by atoms with Crippen LogP contribution in [0.1, 0.15) is 12.0 Å². The van der Waals surface area contributed by atoms with Crippen LogP contribution in [0.2, 0.25) is 0 Å². The lowest BCUT2D eigenvalue weighted by molar-refractivity contribution is 0.310. The Bertz CT molecular complexity index is 708. The maximum atomic E-state index is 5.72. The molecule has 0 atom stereocenters. The molecule has 0 fully saturated rings. The molecule has 0 aliphatic heterocycles. The number of nitrogens with zero attached hydrogens (tertiary/aromatic N) is 1. The number of nitrogens with one attached hydrogen (secondary N) is 2. The van der Waals surface area contributed by atoms with Crippen molar-refractivity contribution in [1.82, 2.24) is 10.6 Å². The first-order valence-electron chi connectivity index (χ1n) is 9.10. The zero-order valence-corrected chi connectivity index (χ0v) is 19.1. The van der Waals surface area contributed by atoms with Crippen molar-refractivity contribution >= 4 is 29.9 Å². The molecule has 28 heavy (non-hydrogen) atoms. The van der Waals surface area contributed by atoms with Gasteiger partial charge in [-0.2, -0.15) is 0 Å². The smallest absolute Gasteiger partial charge is 0.190 e. The highest BCUT2D eigenvalue weighted by Gasteiger charge is 2.02. The Labute approximate surface area is 184 Å². The number of benzene rings is 2. The van der Waals surface area contributed by atoms with Crippen LogP contribution in [0.4, 0.5) is 0 Å². The average molecular weight is 499 g/mol. The highest BCUT2D eigenvalue weighted by atomic mass is 127. The first kappa shape index (κ1) is 23.9. The Kier molecular flexibility index (Phi) is 11.9. The Morgan fingerprint density at radius 3 is 2.25 bits per heavy atom. The van der Waals surface area contributed by atoms with Crippen LogP contribution in [0.5, 0.6) is 17.2 Å². The monoisotopic (exact) mass is 499 g/mol. The summed E-state index contributed by atoms with van der Waals surface area (Å²) in [4.78, 5) is 4.25. The second-order valence-corrected chi connectivity index (χ2v) is 5.87. The normalized spacial score (nSPS) is 10.6. The Morgan fingerprint density at radius 1 is 0.893 bits per heavy atom. The molecule has 7 heteroatoms. The zero-order valence-electron chi connectivity index (χ0n) is 16.7. The Balaban J connectivity index is 0.00000392. The standard InChI is InChI=1S/C21H29N3O3.HI/c1-22-21(24-15-13-17-7-4-5-8-20(17)26-3)23-14-6-16-27-19-11-9-18(25-2)10-12-19;/h4-5,7-12H,6,13-16H2,1-3H3,(H2,22,23,24);1H. The predicted molar refractivity (Wildman–Crippen MR) is 125 cm³/mol. The van der Waals surface area contributed by atoms with Crippen molar-refractivity contribution in [3.05, 3.63) is 54.1 Å². The lowest BCUT2D eigenvalue weighted by atomic mass is 10.1. The van der Waals surface area contributed by atoms with Crippen LogP contribution in [0.25, 0.3) is 0 Å². The fourth-order valence-electron chi connectivity index (χ4n) is 2.59. The predicted octanol–water partition coefficient (Wildman–Crippen LogP) is 3.50. The molecule has 0 spiro atoms. The van der Waals surface area contributed by atoms with Crippen molar-refractivity contribution in [2.45, 2.75) is 12.8 Å². The summed E-state index contributed by atoms with van der Waals surface area (Å²) < 4.78 is 16.2. The zero-order chi connectivity index (χ0) is 19.3. The summed E-state index contributed by atoms with van der Waals surface area (Å²) in [6.45, 7) is 2.20. The number of hydrogen-bond acceptors (Lipinski definition) is 4. The molecule has 0 radical (unpaired) electrons. The summed E-state index contributed by atoms with van der Waals surface area (Å²) in [5.41, 5.74) is 1.18. The van der Waals surface area contributed by atoms with Crippen LogP contribution in [0.3, 0.4) is 0 Å². The number of guanidine groups is 1. The van der Waals surface area contributed by atoms with Gasteiger partial charge in [0.05, 0.1) is 20.8 Å². The molecular weight excluding hydrogens is 469 g/mol. The van der Waals surface area contributed by atoms with Crippen molar-refractivity contribution in [2.75, 3.05) is 41.0 Å². The molecule has 2 aromatic carbocycles. The van der Waals surface area contributed by atoms with Gasteiger partial charge in [0.15, 0.2) is 5.96 Å². The third-order valence-corrected chi connectivity index (χ3v) is 4.04. The van der Waals surface area contributed by atoms with E-state index in [0.29, 0.717) is 6.61 Å². The largest absolute Gasteiger partial charge is 0.497 e. The van der Waals surface area contributed by atoms with Crippen molar-refractivity contribution < 1.29 is 14.2 Å². The molecule has 6 nitrogen and oxygen atoms in total. The lowest BCUT2D eigenvalue weighted by Gasteiger charge is -2.13. The molecule has 0 saturated carbocycles. The minimum Gasteiger partial charge on any atom is -0.497 e. The van der Waals surface area contributed by atoms with Gasteiger partial charge in [-0.05, 0) is 48.7 Å². The molecule has 0 bridgehead atoms. The molecule has 0 aliphatic rings. The van der Waals surface area contributed by atoms with E-state index in [1.807, 2.05) is 42.5 Å². The van der Waals surface area contributed by atoms with E-state index in [1.165, 1.54) is 5.56 Å². The Morgan fingerprint density at radius 2 is 1.57 bits per heavy atom. The second-order valence-electron chi connectivity index (χ2n) is 5.87. The molecular formula is C21H30IN3O3. The molecule has 0 amide bonds. The van der Waals surface area contributed by atoms with Crippen LogP contribution < -0.4 is 24.8 Å². The third kappa shape index (κ3) is 8.24. The van der Waals surface area contributed by atoms with Crippen LogP contribution in [0.15, 0.2) is 53.5 Å². The van der Waals surface area contributed by atoms with Gasteiger partial charge in [0.25, 0.3) is 0 Å². The molecule has 2 N–H and O–H groups in total. The summed E-state index contributed by atoms with van der Waals surface area (Å²) in [5.74, 6) is 3.37. The molecule has 0 aliphatic carbocycles. The van der Waals surface area contributed by atoms with Gasteiger partial charge >= 0.3 is 0 Å². The first-order valence-corrected chi connectivity index (χ1v) is 9.10. The van der Waals surface area contributed by atoms with Gasteiger partial charge in [-0.3, -0.25) is 4.99 Å². The van der Waals surface area contributed by atoms with Crippen molar-refractivity contribution in [3.63, 3.8) is 0 Å². The third-order valence-electron chi connectivity index (χ3n) is 4.04. The van der Waals surface area contributed by atoms with Crippen molar-refractivity contribution in [2.24, 2.45) is 4.99 Å². The van der Waals surface area contributed by atoms with E-state index < -0.39 is 0 Å². The summed E-state index contributed by atoms with van der Waals surface area (Å²) in [7, 11) is 5.12. The van der Waals surface area contributed by atoms with E-state index in [4.69, 9.17) is 14.2 Å². The maximum absolute atomic E-state index is 5.72. The fourth-order valence-corrected chi connectivity index (χ4v) is 2.59. The van der Waals surface area contributed by atoms with Crippen LogP contribution in [-0.4, -0.2) is 46.9 Å². The van der Waals surface area contributed by atoms with Gasteiger partial charge in [0.2, 0.25) is 0 Å². The number of rotatable bonds is 10. The van der Waals surface area contributed by atoms with Gasteiger partial charge in [-0.15, -0.1) is 24.0 Å². The van der Waals surface area contributed by atoms with E-state index in [-0.39, 0.29) is 24.0 Å². The van der Waals surface area contributed by atoms with Gasteiger partial charge < -0.3 is 24.8 Å². The minimum absolute atomic E-state index is 0. The molecule has 154 valence electrons. The van der Waals surface area contributed by atoms with Gasteiger partial charge in [-0.25, -0.2) is 0 Å². The van der Waals surface area contributed by atoms with Crippen LogP contribution >= 0.6 is 24.0 Å². The fraction of sp³-hybridized carbons (Fsp3) is 0.381. The van der Waals surface area contributed by atoms with Crippen LogP contribution in [-0.2, 0) is 6.42 Å². The van der Waals surface area contributed by atoms with Crippen molar-refractivity contribution in [1.29, 1.82) is 0 Å². The first-order chi connectivity index (χ1) is 13.3. The van der Waals surface area contributed by atoms with Crippen LogP contribution in [0, 0.1) is 0 Å². The van der Waals surface area contributed by atoms with E-state index in [1.54, 1.807) is 21.3 Å². The second kappa shape index (κ2) is 13.9. The van der Waals surface area contributed by atoms with E-state index in [9.17, 15) is 0 Å². The number of para-hydroxylation sites is 1. The minimum atomic E-state index is 0. The Hall–Kier alpha value is -2.16. The number of aliphatic imine (C=N–C) groups is 1. The quantitative estimate of drug-likeness (QED) is 0.227. The highest BCUT2D eigenvalue weighted by molar-refractivity contribution is 14.0. The van der Waals surface area contributed by atoms with E-state index in [2.05, 4.69) is 21.7 Å². The molecule has 2 aromatic rings. The molecule has 0 unspecified atom stereocenters. The summed E-state index contributed by atoms with van der Waals surface area (Å²) in [6, 6.07) is 15.6. The topological polar surface area (TPSA) is 64.1 Å². The maximum Gasteiger partial charge on any atom is 0.190 e. The number of ether oxygens (including phenoxy) is 3. The summed E-state index contributed by atoms with van der Waals surface area (Å²) in [5, 5.41) is 6.62. The number of halogens is 1. The van der Waals surface area contributed by atoms with Gasteiger partial charge in [0, 0.05) is 20.1 Å². The lowest BCUT2D eigenvalue weighted by Crippen LogP contribution is -2.39. The SMILES string of the molecule is CN=C(NCCCOc1ccc(OC)cc1)NCCc1ccccc1OC.I. The van der Waals surface area contributed by atoms with E-state index in [0.717, 1.165) is 49.1 Å². The van der Waals surface area contributed by atoms with E-state index >= 15 is 0 Å². The van der Waals surface area contributed by atoms with Crippen molar-refractivity contribution in [3.8, 4) is 17.2 Å². The number of methoxy groups -OCH3 is 2. The summed E-state index contributed by atoms with van der Waals surface area (Å²) >= 11 is 0. The molecule has 0 aromatic heterocycles. The number of hydrogen-bond donors (Lipinski definition) is 2. The molecule has 0 saturated heterocycles. The highest BCUT2D eigenvalue weighted by Crippen LogP contribution is 2.17.